The molecule has 1 aromatic carbocycles. The Labute approximate surface area is 99.2 Å². The predicted molar refractivity (Wildman–Crippen MR) is 68.8 cm³/mol. The van der Waals surface area contributed by atoms with E-state index in [1.807, 2.05) is 30.5 Å². The summed E-state index contributed by atoms with van der Waals surface area (Å²) in [4.78, 5) is 4.30. The Morgan fingerprint density at radius 3 is 2.81 bits per heavy atom. The average Bonchev–Trinajstić information content (AvgIpc) is 2.81. The van der Waals surface area contributed by atoms with E-state index in [-0.39, 0.29) is 0 Å². The van der Waals surface area contributed by atoms with Gasteiger partial charge in [-0.15, -0.1) is 11.3 Å². The number of nitrogens with zero attached hydrogens (tertiary/aromatic N) is 1. The van der Waals surface area contributed by atoms with E-state index in [2.05, 4.69) is 11.6 Å². The highest BCUT2D eigenvalue weighted by Gasteiger charge is 2.12. The van der Waals surface area contributed by atoms with E-state index in [1.54, 1.807) is 24.6 Å². The molecule has 0 unspecified atom stereocenters. The minimum absolute atomic E-state index is 0.852. The third-order valence-corrected chi connectivity index (χ3v) is 3.15. The molecule has 0 spiro atoms. The van der Waals surface area contributed by atoms with Crippen LogP contribution in [0.3, 0.4) is 0 Å². The summed E-state index contributed by atoms with van der Waals surface area (Å²) in [5, 5.41) is 2.93. The number of methoxy groups -OCH3 is 1. The third kappa shape index (κ3) is 1.86. The van der Waals surface area contributed by atoms with Crippen LogP contribution in [0.2, 0.25) is 0 Å². The van der Waals surface area contributed by atoms with Gasteiger partial charge in [0, 0.05) is 17.1 Å². The lowest BCUT2D eigenvalue weighted by Crippen LogP contribution is -1.92. The van der Waals surface area contributed by atoms with Gasteiger partial charge < -0.3 is 4.74 Å². The molecule has 0 radical (unpaired) electrons. The zero-order chi connectivity index (χ0) is 11.5. The van der Waals surface area contributed by atoms with E-state index in [1.165, 1.54) is 0 Å². The molecule has 0 fully saturated rings. The zero-order valence-corrected chi connectivity index (χ0v) is 10.2. The Bertz CT molecular complexity index is 503. The summed E-state index contributed by atoms with van der Waals surface area (Å²) < 4.78 is 5.47. The second-order valence-corrected chi connectivity index (χ2v) is 4.40. The number of aromatic nitrogens is 1. The van der Waals surface area contributed by atoms with Gasteiger partial charge in [-0.05, 0) is 18.6 Å². The van der Waals surface area contributed by atoms with Crippen molar-refractivity contribution in [2.24, 2.45) is 0 Å². The number of thiazole rings is 1. The largest absolute Gasteiger partial charge is 0.495 e. The van der Waals surface area contributed by atoms with Crippen molar-refractivity contribution in [1.29, 1.82) is 0 Å². The molecule has 0 amide bonds. The fourth-order valence-corrected chi connectivity index (χ4v) is 2.28. The van der Waals surface area contributed by atoms with E-state index in [0.717, 1.165) is 27.5 Å². The van der Waals surface area contributed by atoms with Crippen molar-refractivity contribution in [2.45, 2.75) is 6.92 Å². The molecule has 0 bridgehead atoms. The van der Waals surface area contributed by atoms with Gasteiger partial charge in [0.15, 0.2) is 0 Å². The molecule has 0 saturated carbocycles. The highest BCUT2D eigenvalue weighted by atomic mass is 32.1. The van der Waals surface area contributed by atoms with Crippen LogP contribution in [0.5, 0.6) is 5.75 Å². The molecule has 0 N–H and O–H groups in total. The molecule has 1 heterocycles. The van der Waals surface area contributed by atoms with Crippen LogP contribution in [0.15, 0.2) is 36.4 Å². The minimum atomic E-state index is 0.852. The lowest BCUT2D eigenvalue weighted by molar-refractivity contribution is 0.415. The van der Waals surface area contributed by atoms with Gasteiger partial charge >= 0.3 is 0 Å². The van der Waals surface area contributed by atoms with Crippen LogP contribution in [-0.4, -0.2) is 12.1 Å². The quantitative estimate of drug-likeness (QED) is 0.800. The molecule has 2 aromatic rings. The number of para-hydroxylation sites is 1. The van der Waals surface area contributed by atoms with Gasteiger partial charge in [-0.2, -0.15) is 0 Å². The molecule has 0 aliphatic heterocycles. The summed E-state index contributed by atoms with van der Waals surface area (Å²) in [6.45, 7) is 5.94. The molecule has 0 aliphatic carbocycles. The van der Waals surface area contributed by atoms with Crippen molar-refractivity contribution in [3.63, 3.8) is 0 Å². The van der Waals surface area contributed by atoms with Crippen molar-refractivity contribution in [1.82, 2.24) is 4.98 Å². The van der Waals surface area contributed by atoms with E-state index in [0.29, 0.717) is 0 Å². The first-order valence-corrected chi connectivity index (χ1v) is 5.84. The Morgan fingerprint density at radius 1 is 1.44 bits per heavy atom. The summed E-state index contributed by atoms with van der Waals surface area (Å²) >= 11 is 1.61. The van der Waals surface area contributed by atoms with Crippen molar-refractivity contribution in [3.05, 3.63) is 41.9 Å². The monoisotopic (exact) mass is 231 g/mol. The Balaban J connectivity index is 2.62. The standard InChI is InChI=1S/C13H13NOS/c1-9(2)10-5-4-6-11(12(10)15-3)13-14-7-8-16-13/h4-8H,1H2,2-3H3. The molecular formula is C13H13NOS. The minimum Gasteiger partial charge on any atom is -0.495 e. The summed E-state index contributed by atoms with van der Waals surface area (Å²) in [6, 6.07) is 6.03. The van der Waals surface area contributed by atoms with Gasteiger partial charge in [0.25, 0.3) is 0 Å². The van der Waals surface area contributed by atoms with Crippen LogP contribution in [0.1, 0.15) is 12.5 Å². The molecule has 0 atom stereocenters. The molecule has 16 heavy (non-hydrogen) atoms. The normalized spacial score (nSPS) is 10.1. The van der Waals surface area contributed by atoms with Crippen LogP contribution < -0.4 is 4.74 Å². The maximum Gasteiger partial charge on any atom is 0.136 e. The molecule has 2 nitrogen and oxygen atoms in total. The van der Waals surface area contributed by atoms with Gasteiger partial charge in [0.2, 0.25) is 0 Å². The topological polar surface area (TPSA) is 22.1 Å². The second-order valence-electron chi connectivity index (χ2n) is 3.50. The highest BCUT2D eigenvalue weighted by Crippen LogP contribution is 2.36. The van der Waals surface area contributed by atoms with Gasteiger partial charge in [-0.25, -0.2) is 4.98 Å². The number of hydrogen-bond acceptors (Lipinski definition) is 3. The fourth-order valence-electron chi connectivity index (χ4n) is 1.62. The molecule has 0 aliphatic rings. The number of allylic oxidation sites excluding steroid dienone is 1. The van der Waals surface area contributed by atoms with Crippen molar-refractivity contribution in [2.75, 3.05) is 7.11 Å². The maximum absolute atomic E-state index is 5.47. The zero-order valence-electron chi connectivity index (χ0n) is 9.36. The average molecular weight is 231 g/mol. The van der Waals surface area contributed by atoms with Crippen LogP contribution in [0.4, 0.5) is 0 Å². The smallest absolute Gasteiger partial charge is 0.136 e. The molecule has 3 heteroatoms. The third-order valence-electron chi connectivity index (χ3n) is 2.34. The van der Waals surface area contributed by atoms with Crippen molar-refractivity contribution >= 4 is 16.9 Å². The van der Waals surface area contributed by atoms with E-state index < -0.39 is 0 Å². The van der Waals surface area contributed by atoms with Crippen molar-refractivity contribution in [3.8, 4) is 16.3 Å². The van der Waals surface area contributed by atoms with Crippen LogP contribution in [0, 0.1) is 0 Å². The molecular weight excluding hydrogens is 218 g/mol. The SMILES string of the molecule is C=C(C)c1cccc(-c2nccs2)c1OC. The van der Waals surface area contributed by atoms with E-state index in [9.17, 15) is 0 Å². The van der Waals surface area contributed by atoms with E-state index >= 15 is 0 Å². The van der Waals surface area contributed by atoms with Gasteiger partial charge in [0.1, 0.15) is 10.8 Å². The summed E-state index contributed by atoms with van der Waals surface area (Å²) in [7, 11) is 1.68. The maximum atomic E-state index is 5.47. The summed E-state index contributed by atoms with van der Waals surface area (Å²) in [5.41, 5.74) is 3.06. The number of rotatable bonds is 3. The number of hydrogen-bond donors (Lipinski definition) is 0. The molecule has 0 saturated heterocycles. The highest BCUT2D eigenvalue weighted by molar-refractivity contribution is 7.13. The predicted octanol–water partition coefficient (Wildman–Crippen LogP) is 3.85. The Hall–Kier alpha value is -1.61. The van der Waals surface area contributed by atoms with E-state index in [4.69, 9.17) is 4.74 Å². The summed E-state index contributed by atoms with van der Waals surface area (Å²) in [6.07, 6.45) is 1.80. The van der Waals surface area contributed by atoms with Crippen LogP contribution in [-0.2, 0) is 0 Å². The number of benzene rings is 1. The molecule has 2 rings (SSSR count). The van der Waals surface area contributed by atoms with Gasteiger partial charge in [0.05, 0.1) is 12.7 Å². The second kappa shape index (κ2) is 4.49. The molecule has 82 valence electrons. The number of ether oxygens (including phenoxy) is 1. The van der Waals surface area contributed by atoms with Gasteiger partial charge in [-0.1, -0.05) is 18.7 Å². The van der Waals surface area contributed by atoms with Crippen molar-refractivity contribution < 1.29 is 4.74 Å². The van der Waals surface area contributed by atoms with Crippen LogP contribution >= 0.6 is 11.3 Å². The fraction of sp³-hybridized carbons (Fsp3) is 0.154. The Kier molecular flexibility index (Phi) is 3.06. The Morgan fingerprint density at radius 2 is 2.25 bits per heavy atom. The lowest BCUT2D eigenvalue weighted by atomic mass is 10.0. The first kappa shape index (κ1) is 10.9. The lowest BCUT2D eigenvalue weighted by Gasteiger charge is -2.11. The molecule has 1 aromatic heterocycles. The van der Waals surface area contributed by atoms with Gasteiger partial charge in [-0.3, -0.25) is 0 Å². The summed E-state index contributed by atoms with van der Waals surface area (Å²) in [5.74, 6) is 0.852. The first-order chi connectivity index (χ1) is 7.74. The first-order valence-electron chi connectivity index (χ1n) is 4.96. The van der Waals surface area contributed by atoms with Crippen LogP contribution in [0.25, 0.3) is 16.1 Å².